The lowest BCUT2D eigenvalue weighted by Gasteiger charge is -2.21. The van der Waals surface area contributed by atoms with Crippen molar-refractivity contribution in [1.82, 2.24) is 15.2 Å². The molecular formula is C16H23IN4S. The molecule has 0 bridgehead atoms. The Balaban J connectivity index is 0.00000242. The molecule has 22 heavy (non-hydrogen) atoms. The lowest BCUT2D eigenvalue weighted by molar-refractivity contribution is 0.486. The van der Waals surface area contributed by atoms with Gasteiger partial charge in [-0.1, -0.05) is 12.1 Å². The van der Waals surface area contributed by atoms with Crippen molar-refractivity contribution in [2.24, 2.45) is 4.99 Å². The zero-order valence-electron chi connectivity index (χ0n) is 13.2. The first-order chi connectivity index (χ1) is 10.2. The van der Waals surface area contributed by atoms with Crippen molar-refractivity contribution < 1.29 is 0 Å². The molecule has 0 fully saturated rings. The van der Waals surface area contributed by atoms with Crippen molar-refractivity contribution in [2.45, 2.75) is 19.9 Å². The maximum absolute atomic E-state index is 4.49. The number of guanidine groups is 1. The van der Waals surface area contributed by atoms with Crippen LogP contribution in [-0.2, 0) is 13.0 Å². The molecule has 120 valence electrons. The van der Waals surface area contributed by atoms with E-state index in [4.69, 9.17) is 0 Å². The summed E-state index contributed by atoms with van der Waals surface area (Å²) in [5, 5.41) is 5.48. The molecule has 0 spiro atoms. The van der Waals surface area contributed by atoms with Crippen molar-refractivity contribution in [3.8, 4) is 0 Å². The molecule has 2 aromatic rings. The van der Waals surface area contributed by atoms with Gasteiger partial charge < -0.3 is 10.2 Å². The highest BCUT2D eigenvalue weighted by Crippen LogP contribution is 2.09. The van der Waals surface area contributed by atoms with Crippen LogP contribution in [-0.4, -0.2) is 36.5 Å². The van der Waals surface area contributed by atoms with Gasteiger partial charge in [-0.25, -0.2) is 0 Å². The predicted molar refractivity (Wildman–Crippen MR) is 105 cm³/mol. The summed E-state index contributed by atoms with van der Waals surface area (Å²) in [4.78, 5) is 12.4. The molecule has 2 aromatic heterocycles. The molecule has 0 amide bonds. The highest BCUT2D eigenvalue weighted by molar-refractivity contribution is 14.0. The van der Waals surface area contributed by atoms with Crippen LogP contribution in [0.1, 0.15) is 16.3 Å². The highest BCUT2D eigenvalue weighted by Gasteiger charge is 2.06. The van der Waals surface area contributed by atoms with Gasteiger partial charge in [0.1, 0.15) is 0 Å². The maximum Gasteiger partial charge on any atom is 0.193 e. The summed E-state index contributed by atoms with van der Waals surface area (Å²) in [7, 11) is 3.88. The van der Waals surface area contributed by atoms with Crippen molar-refractivity contribution in [3.05, 3.63) is 52.0 Å². The predicted octanol–water partition coefficient (Wildman–Crippen LogP) is 3.32. The van der Waals surface area contributed by atoms with E-state index in [2.05, 4.69) is 44.8 Å². The smallest absolute Gasteiger partial charge is 0.193 e. The second-order valence-corrected chi connectivity index (χ2v) is 5.95. The number of rotatable bonds is 5. The van der Waals surface area contributed by atoms with Gasteiger partial charge in [-0.3, -0.25) is 9.98 Å². The Labute approximate surface area is 153 Å². The average molecular weight is 430 g/mol. The van der Waals surface area contributed by atoms with E-state index in [1.165, 1.54) is 4.88 Å². The number of thiophene rings is 1. The molecule has 0 radical (unpaired) electrons. The Morgan fingerprint density at radius 2 is 2.14 bits per heavy atom. The number of hydrogen-bond acceptors (Lipinski definition) is 3. The van der Waals surface area contributed by atoms with E-state index in [1.54, 1.807) is 11.3 Å². The van der Waals surface area contributed by atoms with Crippen molar-refractivity contribution in [1.29, 1.82) is 0 Å². The summed E-state index contributed by atoms with van der Waals surface area (Å²) in [5.74, 6) is 0.898. The fourth-order valence-corrected chi connectivity index (χ4v) is 2.79. The van der Waals surface area contributed by atoms with E-state index in [0.717, 1.165) is 30.3 Å². The maximum atomic E-state index is 4.49. The third-order valence-electron chi connectivity index (χ3n) is 3.22. The molecule has 0 unspecified atom stereocenters. The largest absolute Gasteiger partial charge is 0.351 e. The van der Waals surface area contributed by atoms with Gasteiger partial charge in [-0.15, -0.1) is 35.3 Å². The lowest BCUT2D eigenvalue weighted by Crippen LogP contribution is -2.39. The summed E-state index contributed by atoms with van der Waals surface area (Å²) in [6, 6.07) is 10.3. The molecule has 0 aliphatic carbocycles. The minimum atomic E-state index is 0. The topological polar surface area (TPSA) is 40.5 Å². The van der Waals surface area contributed by atoms with E-state index in [1.807, 2.05) is 32.2 Å². The fourth-order valence-electron chi connectivity index (χ4n) is 2.09. The van der Waals surface area contributed by atoms with E-state index < -0.39 is 0 Å². The third-order valence-corrected chi connectivity index (χ3v) is 4.16. The number of likely N-dealkylation sites (N-methyl/N-ethyl adjacent to an activating group) is 1. The molecule has 2 rings (SSSR count). The zero-order chi connectivity index (χ0) is 15.1. The normalized spacial score (nSPS) is 11.0. The monoisotopic (exact) mass is 430 g/mol. The summed E-state index contributed by atoms with van der Waals surface area (Å²) < 4.78 is 0. The second-order valence-electron chi connectivity index (χ2n) is 4.92. The number of hydrogen-bond donors (Lipinski definition) is 1. The quantitative estimate of drug-likeness (QED) is 0.450. The molecule has 0 aliphatic heterocycles. The van der Waals surface area contributed by atoms with Crippen LogP contribution in [0, 0.1) is 6.92 Å². The second kappa shape index (κ2) is 9.78. The Bertz CT molecular complexity index is 584. The number of nitrogens with one attached hydrogen (secondary N) is 1. The fraction of sp³-hybridized carbons (Fsp3) is 0.375. The third kappa shape index (κ3) is 5.92. The number of halogens is 1. The van der Waals surface area contributed by atoms with Crippen molar-refractivity contribution >= 4 is 41.3 Å². The van der Waals surface area contributed by atoms with Crippen LogP contribution >= 0.6 is 35.3 Å². The molecule has 0 aliphatic rings. The van der Waals surface area contributed by atoms with Gasteiger partial charge >= 0.3 is 0 Å². The summed E-state index contributed by atoms with van der Waals surface area (Å²) >= 11 is 1.80. The summed E-state index contributed by atoms with van der Waals surface area (Å²) in [6.07, 6.45) is 1.04. The Hall–Kier alpha value is -1.15. The van der Waals surface area contributed by atoms with Gasteiger partial charge in [0, 0.05) is 31.2 Å². The minimum absolute atomic E-state index is 0. The van der Waals surface area contributed by atoms with Gasteiger partial charge in [0.05, 0.1) is 12.2 Å². The number of aromatic nitrogens is 1. The van der Waals surface area contributed by atoms with Gasteiger partial charge in [-0.2, -0.15) is 0 Å². The highest BCUT2D eigenvalue weighted by atomic mass is 127. The molecule has 2 heterocycles. The van der Waals surface area contributed by atoms with E-state index >= 15 is 0 Å². The Morgan fingerprint density at radius 3 is 2.77 bits per heavy atom. The lowest BCUT2D eigenvalue weighted by atomic mass is 10.3. The molecule has 0 aromatic carbocycles. The van der Waals surface area contributed by atoms with Crippen LogP contribution in [0.2, 0.25) is 0 Å². The molecule has 0 saturated carbocycles. The van der Waals surface area contributed by atoms with E-state index in [-0.39, 0.29) is 24.0 Å². The van der Waals surface area contributed by atoms with Gasteiger partial charge in [0.25, 0.3) is 0 Å². The number of nitrogens with zero attached hydrogens (tertiary/aromatic N) is 3. The van der Waals surface area contributed by atoms with Crippen LogP contribution in [0.4, 0.5) is 0 Å². The zero-order valence-corrected chi connectivity index (χ0v) is 16.4. The first-order valence-corrected chi connectivity index (χ1v) is 7.93. The molecular weight excluding hydrogens is 407 g/mol. The van der Waals surface area contributed by atoms with Crippen molar-refractivity contribution in [2.75, 3.05) is 20.6 Å². The Morgan fingerprint density at radius 1 is 1.32 bits per heavy atom. The number of aryl methyl sites for hydroxylation is 1. The molecule has 6 heteroatoms. The van der Waals surface area contributed by atoms with Crippen LogP contribution in [0.5, 0.6) is 0 Å². The van der Waals surface area contributed by atoms with Crippen LogP contribution < -0.4 is 5.32 Å². The summed E-state index contributed by atoms with van der Waals surface area (Å²) in [5.41, 5.74) is 2.07. The average Bonchev–Trinajstić information content (AvgIpc) is 2.99. The van der Waals surface area contributed by atoms with Gasteiger partial charge in [-0.05, 0) is 36.9 Å². The molecule has 0 atom stereocenters. The van der Waals surface area contributed by atoms with Gasteiger partial charge in [0.2, 0.25) is 0 Å². The van der Waals surface area contributed by atoms with Crippen LogP contribution in [0.3, 0.4) is 0 Å². The SMILES string of the molecule is CN=C(NCc1cccc(C)n1)N(C)CCc1cccs1.I. The Kier molecular flexibility index (Phi) is 8.40. The van der Waals surface area contributed by atoms with E-state index in [0.29, 0.717) is 6.54 Å². The number of aliphatic imine (C=N–C) groups is 1. The van der Waals surface area contributed by atoms with Crippen LogP contribution in [0.15, 0.2) is 40.7 Å². The van der Waals surface area contributed by atoms with Crippen molar-refractivity contribution in [3.63, 3.8) is 0 Å². The first-order valence-electron chi connectivity index (χ1n) is 7.05. The number of pyridine rings is 1. The minimum Gasteiger partial charge on any atom is -0.351 e. The standard InChI is InChI=1S/C16H22N4S.HI/c1-13-6-4-7-14(19-13)12-18-16(17-2)20(3)10-9-15-8-5-11-21-15;/h4-8,11H,9-10,12H2,1-3H3,(H,17,18);1H. The molecule has 4 nitrogen and oxygen atoms in total. The van der Waals surface area contributed by atoms with E-state index in [9.17, 15) is 0 Å². The molecule has 1 N–H and O–H groups in total. The van der Waals surface area contributed by atoms with Crippen LogP contribution in [0.25, 0.3) is 0 Å². The first kappa shape index (κ1) is 18.9. The molecule has 0 saturated heterocycles. The summed E-state index contributed by atoms with van der Waals surface area (Å²) in [6.45, 7) is 3.64. The van der Waals surface area contributed by atoms with Gasteiger partial charge in [0.15, 0.2) is 5.96 Å².